The van der Waals surface area contributed by atoms with Crippen molar-refractivity contribution in [1.82, 2.24) is 4.90 Å². The van der Waals surface area contributed by atoms with Crippen molar-refractivity contribution in [3.05, 3.63) is 29.8 Å². The molecule has 2 rings (SSSR count). The second kappa shape index (κ2) is 5.94. The van der Waals surface area contributed by atoms with Gasteiger partial charge in [0, 0.05) is 18.3 Å². The summed E-state index contributed by atoms with van der Waals surface area (Å²) in [6, 6.07) is 8.97. The summed E-state index contributed by atoms with van der Waals surface area (Å²) in [5.41, 5.74) is 8.41. The molecular formula is C15H25ClN2. The van der Waals surface area contributed by atoms with E-state index in [-0.39, 0.29) is 12.4 Å². The van der Waals surface area contributed by atoms with E-state index in [4.69, 9.17) is 5.73 Å². The number of nitrogens with two attached hydrogens (primary N) is 1. The van der Waals surface area contributed by atoms with Crippen molar-refractivity contribution in [3.63, 3.8) is 0 Å². The summed E-state index contributed by atoms with van der Waals surface area (Å²) in [7, 11) is 0. The summed E-state index contributed by atoms with van der Waals surface area (Å²) in [4.78, 5) is 2.61. The number of nitrogen functional groups attached to an aromatic ring is 1. The Morgan fingerprint density at radius 1 is 1.33 bits per heavy atom. The zero-order valence-corrected chi connectivity index (χ0v) is 12.5. The Kier molecular flexibility index (Phi) is 5.06. The molecule has 0 aliphatic carbocycles. The van der Waals surface area contributed by atoms with Crippen LogP contribution in [0.1, 0.15) is 39.2 Å². The third-order valence-corrected chi connectivity index (χ3v) is 3.70. The van der Waals surface area contributed by atoms with Crippen LogP contribution in [0.4, 0.5) is 5.69 Å². The van der Waals surface area contributed by atoms with E-state index in [1.54, 1.807) is 0 Å². The minimum Gasteiger partial charge on any atom is -0.399 e. The molecule has 1 heterocycles. The molecule has 2 N–H and O–H groups in total. The maximum atomic E-state index is 5.83. The van der Waals surface area contributed by atoms with Crippen LogP contribution in [0.25, 0.3) is 0 Å². The van der Waals surface area contributed by atoms with Crippen molar-refractivity contribution in [1.29, 1.82) is 0 Å². The van der Waals surface area contributed by atoms with Crippen molar-refractivity contribution in [2.24, 2.45) is 5.41 Å². The Morgan fingerprint density at radius 2 is 2.06 bits per heavy atom. The lowest BCUT2D eigenvalue weighted by atomic mass is 9.85. The van der Waals surface area contributed by atoms with E-state index in [0.29, 0.717) is 11.5 Å². The summed E-state index contributed by atoms with van der Waals surface area (Å²) < 4.78 is 0. The molecule has 0 saturated carbocycles. The van der Waals surface area contributed by atoms with Crippen LogP contribution in [0, 0.1) is 5.41 Å². The van der Waals surface area contributed by atoms with Crippen molar-refractivity contribution in [3.8, 4) is 0 Å². The maximum Gasteiger partial charge on any atom is 0.0317 e. The molecule has 1 unspecified atom stereocenters. The summed E-state index contributed by atoms with van der Waals surface area (Å²) in [5.74, 6) is 0. The highest BCUT2D eigenvalue weighted by atomic mass is 35.5. The van der Waals surface area contributed by atoms with Crippen LogP contribution in [0.15, 0.2) is 24.3 Å². The van der Waals surface area contributed by atoms with Crippen LogP contribution < -0.4 is 5.73 Å². The van der Waals surface area contributed by atoms with Crippen LogP contribution in [0.3, 0.4) is 0 Å². The summed E-state index contributed by atoms with van der Waals surface area (Å²) in [5, 5.41) is 0. The van der Waals surface area contributed by atoms with Gasteiger partial charge in [-0.15, -0.1) is 12.4 Å². The normalized spacial score (nSPS) is 20.7. The van der Waals surface area contributed by atoms with Gasteiger partial charge in [0.15, 0.2) is 0 Å². The average Bonchev–Trinajstić information content (AvgIpc) is 2.65. The van der Waals surface area contributed by atoms with E-state index < -0.39 is 0 Å². The third-order valence-electron chi connectivity index (χ3n) is 3.70. The second-order valence-corrected chi connectivity index (χ2v) is 6.24. The summed E-state index contributed by atoms with van der Waals surface area (Å²) in [6.07, 6.45) is 2.65. The van der Waals surface area contributed by atoms with Gasteiger partial charge < -0.3 is 5.73 Å². The number of likely N-dealkylation sites (tertiary alicyclic amines) is 1. The van der Waals surface area contributed by atoms with E-state index in [1.807, 2.05) is 12.1 Å². The minimum atomic E-state index is 0. The Hall–Kier alpha value is -0.730. The highest BCUT2D eigenvalue weighted by molar-refractivity contribution is 5.85. The van der Waals surface area contributed by atoms with E-state index in [1.165, 1.54) is 24.9 Å². The van der Waals surface area contributed by atoms with Gasteiger partial charge in [-0.05, 0) is 42.5 Å². The largest absolute Gasteiger partial charge is 0.399 e. The lowest BCUT2D eigenvalue weighted by Gasteiger charge is -2.35. The van der Waals surface area contributed by atoms with E-state index in [0.717, 1.165) is 12.2 Å². The molecule has 2 nitrogen and oxygen atoms in total. The number of nitrogens with zero attached hydrogens (tertiary/aromatic N) is 1. The molecular weight excluding hydrogens is 244 g/mol. The van der Waals surface area contributed by atoms with Crippen molar-refractivity contribution in [2.45, 2.75) is 46.2 Å². The monoisotopic (exact) mass is 268 g/mol. The Balaban J connectivity index is 0.00000162. The first kappa shape index (κ1) is 15.3. The second-order valence-electron chi connectivity index (χ2n) is 6.24. The molecule has 1 aliphatic rings. The smallest absolute Gasteiger partial charge is 0.0317 e. The molecule has 1 aliphatic heterocycles. The fraction of sp³-hybridized carbons (Fsp3) is 0.600. The zero-order chi connectivity index (χ0) is 12.5. The maximum absolute atomic E-state index is 5.83. The average molecular weight is 269 g/mol. The molecule has 18 heavy (non-hydrogen) atoms. The number of benzene rings is 1. The number of halogens is 1. The predicted octanol–water partition coefficient (Wildman–Crippen LogP) is 3.70. The van der Waals surface area contributed by atoms with Gasteiger partial charge in [-0.2, -0.15) is 0 Å². The first-order chi connectivity index (χ1) is 7.97. The van der Waals surface area contributed by atoms with Gasteiger partial charge in [0.05, 0.1) is 0 Å². The van der Waals surface area contributed by atoms with Gasteiger partial charge in [-0.1, -0.05) is 32.9 Å². The van der Waals surface area contributed by atoms with Gasteiger partial charge in [0.1, 0.15) is 0 Å². The fourth-order valence-corrected chi connectivity index (χ4v) is 2.92. The number of hydrogen-bond acceptors (Lipinski definition) is 2. The first-order valence-corrected chi connectivity index (χ1v) is 6.55. The molecule has 1 fully saturated rings. The van der Waals surface area contributed by atoms with Crippen molar-refractivity contribution >= 4 is 18.1 Å². The fourth-order valence-electron chi connectivity index (χ4n) is 2.92. The van der Waals surface area contributed by atoms with Gasteiger partial charge in [-0.25, -0.2) is 0 Å². The third kappa shape index (κ3) is 3.63. The van der Waals surface area contributed by atoms with Gasteiger partial charge >= 0.3 is 0 Å². The van der Waals surface area contributed by atoms with Crippen molar-refractivity contribution < 1.29 is 0 Å². The lowest BCUT2D eigenvalue weighted by molar-refractivity contribution is 0.134. The van der Waals surface area contributed by atoms with E-state index in [2.05, 4.69) is 37.8 Å². The van der Waals surface area contributed by atoms with Crippen LogP contribution >= 0.6 is 12.4 Å². The topological polar surface area (TPSA) is 29.3 Å². The van der Waals surface area contributed by atoms with Crippen LogP contribution in [-0.4, -0.2) is 17.5 Å². The molecule has 1 atom stereocenters. The quantitative estimate of drug-likeness (QED) is 0.829. The molecule has 0 amide bonds. The molecule has 102 valence electrons. The molecule has 0 bridgehead atoms. The Bertz CT molecular complexity index is 384. The molecule has 0 aromatic heterocycles. The lowest BCUT2D eigenvalue weighted by Crippen LogP contribution is -2.38. The molecule has 0 spiro atoms. The molecule has 0 radical (unpaired) electrons. The highest BCUT2D eigenvalue weighted by Gasteiger charge is 2.33. The Labute approximate surface area is 117 Å². The summed E-state index contributed by atoms with van der Waals surface area (Å²) in [6.45, 7) is 9.28. The number of rotatable bonds is 2. The number of hydrogen-bond donors (Lipinski definition) is 1. The predicted molar refractivity (Wildman–Crippen MR) is 81.0 cm³/mol. The Morgan fingerprint density at radius 3 is 2.67 bits per heavy atom. The van der Waals surface area contributed by atoms with Gasteiger partial charge in [0.25, 0.3) is 0 Å². The van der Waals surface area contributed by atoms with Crippen molar-refractivity contribution in [2.75, 3.05) is 12.3 Å². The van der Waals surface area contributed by atoms with E-state index >= 15 is 0 Å². The standard InChI is InChI=1S/C15H24N2.ClH/c1-15(2,3)14-8-5-9-17(14)11-12-6-4-7-13(16)10-12;/h4,6-7,10,14H,5,8-9,11,16H2,1-3H3;1H. The molecule has 1 saturated heterocycles. The minimum absolute atomic E-state index is 0. The number of anilines is 1. The van der Waals surface area contributed by atoms with Crippen LogP contribution in [0.5, 0.6) is 0 Å². The van der Waals surface area contributed by atoms with Crippen LogP contribution in [0.2, 0.25) is 0 Å². The molecule has 1 aromatic carbocycles. The van der Waals surface area contributed by atoms with Gasteiger partial charge in [0.2, 0.25) is 0 Å². The SMILES string of the molecule is CC(C)(C)C1CCCN1Cc1cccc(N)c1.Cl. The van der Waals surface area contributed by atoms with Crippen LogP contribution in [-0.2, 0) is 6.54 Å². The molecule has 1 aromatic rings. The first-order valence-electron chi connectivity index (χ1n) is 6.55. The molecule has 3 heteroatoms. The summed E-state index contributed by atoms with van der Waals surface area (Å²) >= 11 is 0. The zero-order valence-electron chi connectivity index (χ0n) is 11.6. The van der Waals surface area contributed by atoms with Gasteiger partial charge in [-0.3, -0.25) is 4.90 Å². The van der Waals surface area contributed by atoms with E-state index in [9.17, 15) is 0 Å². The highest BCUT2D eigenvalue weighted by Crippen LogP contribution is 2.33.